The molecule has 0 aromatic carbocycles. The molecule has 0 radical (unpaired) electrons. The van der Waals surface area contributed by atoms with Crippen LogP contribution < -0.4 is 5.32 Å². The van der Waals surface area contributed by atoms with Gasteiger partial charge in [-0.1, -0.05) is 0 Å². The van der Waals surface area contributed by atoms with E-state index in [1.54, 1.807) is 17.5 Å². The van der Waals surface area contributed by atoms with E-state index < -0.39 is 0 Å². The van der Waals surface area contributed by atoms with Crippen molar-refractivity contribution >= 4 is 40.0 Å². The largest absolute Gasteiger partial charge is 0.347 e. The number of aromatic nitrogens is 1. The Morgan fingerprint density at radius 1 is 1.43 bits per heavy atom. The molecule has 0 saturated carbocycles. The van der Waals surface area contributed by atoms with E-state index in [2.05, 4.69) is 27.8 Å². The van der Waals surface area contributed by atoms with E-state index in [1.165, 1.54) is 19.5 Å². The Morgan fingerprint density at radius 3 is 3.19 bits per heavy atom. The summed E-state index contributed by atoms with van der Waals surface area (Å²) in [6.45, 7) is 3.36. The van der Waals surface area contributed by atoms with Crippen LogP contribution in [0.2, 0.25) is 0 Å². The molecule has 6 heteroatoms. The molecule has 1 unspecified atom stereocenters. The van der Waals surface area contributed by atoms with Crippen molar-refractivity contribution in [3.8, 4) is 0 Å². The molecular weight excluding hydrogens is 302 g/mol. The molecule has 1 N–H and O–H groups in total. The number of piperidine rings is 1. The minimum atomic E-state index is -0.0569. The number of thiophene rings is 1. The number of fused-ring (bicyclic) bond motifs is 3. The number of carbonyl (C=O) groups excluding carboxylic acids is 1. The summed E-state index contributed by atoms with van der Waals surface area (Å²) in [6, 6.07) is 4.11. The Morgan fingerprint density at radius 2 is 2.33 bits per heavy atom. The third kappa shape index (κ3) is 2.67. The van der Waals surface area contributed by atoms with Crippen LogP contribution in [0.15, 0.2) is 22.5 Å². The summed E-state index contributed by atoms with van der Waals surface area (Å²) in [4.78, 5) is 19.1. The molecule has 2 saturated heterocycles. The summed E-state index contributed by atoms with van der Waals surface area (Å²) in [6.07, 6.45) is 4.13. The molecule has 3 atom stereocenters. The second-order valence-corrected chi connectivity index (χ2v) is 7.88. The van der Waals surface area contributed by atoms with Crippen molar-refractivity contribution in [2.45, 2.75) is 23.1 Å². The number of amides is 1. The fraction of sp³-hybridized carbons (Fsp3) is 0.467. The van der Waals surface area contributed by atoms with Crippen LogP contribution in [0.25, 0.3) is 10.1 Å². The summed E-state index contributed by atoms with van der Waals surface area (Å²) in [5.74, 6) is 0.696. The lowest BCUT2D eigenvalue weighted by Crippen LogP contribution is -2.47. The molecule has 2 bridgehead atoms. The summed E-state index contributed by atoms with van der Waals surface area (Å²) < 4.78 is 2.01. The average Bonchev–Trinajstić information content (AvgIpc) is 2.99. The lowest BCUT2D eigenvalue weighted by atomic mass is 9.97. The molecule has 4 nitrogen and oxygen atoms in total. The molecule has 0 aliphatic carbocycles. The molecule has 1 amide bonds. The molecule has 4 heterocycles. The highest BCUT2D eigenvalue weighted by Crippen LogP contribution is 2.29. The van der Waals surface area contributed by atoms with E-state index >= 15 is 0 Å². The Bertz CT molecular complexity index is 687. The Hall–Kier alpha value is -1.11. The zero-order chi connectivity index (χ0) is 14.4. The van der Waals surface area contributed by atoms with Gasteiger partial charge in [0.25, 0.3) is 5.91 Å². The second kappa shape index (κ2) is 5.26. The zero-order valence-electron chi connectivity index (χ0n) is 11.6. The first-order chi connectivity index (χ1) is 10.2. The molecule has 0 spiro atoms. The minimum Gasteiger partial charge on any atom is -0.347 e. The van der Waals surface area contributed by atoms with Crippen molar-refractivity contribution in [2.24, 2.45) is 5.92 Å². The van der Waals surface area contributed by atoms with Crippen molar-refractivity contribution in [3.05, 3.63) is 24.0 Å². The van der Waals surface area contributed by atoms with Crippen molar-refractivity contribution < 1.29 is 4.79 Å². The van der Waals surface area contributed by atoms with Gasteiger partial charge in [-0.3, -0.25) is 9.78 Å². The molecule has 110 valence electrons. The lowest BCUT2D eigenvalue weighted by molar-refractivity contribution is 0.0904. The number of rotatable bonds is 2. The summed E-state index contributed by atoms with van der Waals surface area (Å²) >= 11 is 5.92. The molecule has 2 aliphatic rings. The molecule has 2 aliphatic heterocycles. The summed E-state index contributed by atoms with van der Waals surface area (Å²) in [7, 11) is 0. The number of carbonyl (C=O) groups is 1. The molecular formula is C15H17N3OS2. The smallest absolute Gasteiger partial charge is 0.270 e. The summed E-state index contributed by atoms with van der Waals surface area (Å²) in [5.41, 5.74) is 0.505. The van der Waals surface area contributed by atoms with Crippen LogP contribution in [-0.2, 0) is 0 Å². The standard InChI is InChI=1S/C15H17N3OS2/c19-15(17-11-3-9-1-2-18(7-9)8-11)12-5-13-10(6-16-12)4-14(20)21-13/h4-6,9,11,20H,1-3,7-8H2,(H,17,19)/t9-,11-/m1/s1. The first-order valence-corrected chi connectivity index (χ1v) is 8.55. The number of hydrogen-bond acceptors (Lipinski definition) is 5. The van der Waals surface area contributed by atoms with Gasteiger partial charge >= 0.3 is 0 Å². The number of nitrogens with zero attached hydrogens (tertiary/aromatic N) is 2. The van der Waals surface area contributed by atoms with E-state index in [9.17, 15) is 4.79 Å². The zero-order valence-corrected chi connectivity index (χ0v) is 13.3. The fourth-order valence-electron chi connectivity index (χ4n) is 3.47. The van der Waals surface area contributed by atoms with Gasteiger partial charge in [-0.25, -0.2) is 0 Å². The number of hydrogen-bond donors (Lipinski definition) is 2. The monoisotopic (exact) mass is 319 g/mol. The predicted octanol–water partition coefficient (Wildman–Crippen LogP) is 2.41. The first kappa shape index (κ1) is 13.5. The van der Waals surface area contributed by atoms with Crippen molar-refractivity contribution in [1.82, 2.24) is 15.2 Å². The topological polar surface area (TPSA) is 45.2 Å². The molecule has 2 fully saturated rings. The minimum absolute atomic E-state index is 0.0569. The first-order valence-electron chi connectivity index (χ1n) is 7.29. The molecule has 2 aromatic rings. The van der Waals surface area contributed by atoms with Crippen LogP contribution in [-0.4, -0.2) is 41.5 Å². The van der Waals surface area contributed by atoms with E-state index in [0.717, 1.165) is 33.2 Å². The van der Waals surface area contributed by atoms with Gasteiger partial charge in [0.2, 0.25) is 0 Å². The SMILES string of the molecule is O=C(N[C@@H]1C[C@H]2CCN(C2)C1)c1cc2sc(S)cc2cn1. The lowest BCUT2D eigenvalue weighted by Gasteiger charge is -2.30. The van der Waals surface area contributed by atoms with Crippen LogP contribution in [0.4, 0.5) is 0 Å². The third-order valence-corrected chi connectivity index (χ3v) is 5.73. The van der Waals surface area contributed by atoms with Crippen LogP contribution in [0.5, 0.6) is 0 Å². The molecule has 4 rings (SSSR count). The van der Waals surface area contributed by atoms with Crippen LogP contribution >= 0.6 is 24.0 Å². The van der Waals surface area contributed by atoms with Gasteiger partial charge in [-0.05, 0) is 37.4 Å². The van der Waals surface area contributed by atoms with Gasteiger partial charge in [-0.15, -0.1) is 24.0 Å². The average molecular weight is 319 g/mol. The van der Waals surface area contributed by atoms with E-state index in [4.69, 9.17) is 0 Å². The highest BCUT2D eigenvalue weighted by atomic mass is 32.2. The highest BCUT2D eigenvalue weighted by Gasteiger charge is 2.33. The molecule has 21 heavy (non-hydrogen) atoms. The summed E-state index contributed by atoms with van der Waals surface area (Å²) in [5, 5.41) is 4.19. The Kier molecular flexibility index (Phi) is 3.40. The van der Waals surface area contributed by atoms with E-state index in [1.807, 2.05) is 12.1 Å². The van der Waals surface area contributed by atoms with Crippen molar-refractivity contribution in [3.63, 3.8) is 0 Å². The molecule has 2 aromatic heterocycles. The second-order valence-electron chi connectivity index (χ2n) is 6.01. The maximum Gasteiger partial charge on any atom is 0.270 e. The van der Waals surface area contributed by atoms with Crippen molar-refractivity contribution in [1.29, 1.82) is 0 Å². The van der Waals surface area contributed by atoms with Gasteiger partial charge in [0.05, 0.1) is 4.21 Å². The van der Waals surface area contributed by atoms with Gasteiger partial charge < -0.3 is 10.2 Å². The van der Waals surface area contributed by atoms with E-state index in [-0.39, 0.29) is 11.9 Å². The number of nitrogens with one attached hydrogen (secondary N) is 1. The number of pyridine rings is 1. The number of thiol groups is 1. The van der Waals surface area contributed by atoms with Crippen LogP contribution in [0, 0.1) is 5.92 Å². The Balaban J connectivity index is 1.50. The fourth-order valence-corrected chi connectivity index (χ4v) is 4.71. The van der Waals surface area contributed by atoms with Crippen molar-refractivity contribution in [2.75, 3.05) is 19.6 Å². The van der Waals surface area contributed by atoms with Crippen LogP contribution in [0.1, 0.15) is 23.3 Å². The quantitative estimate of drug-likeness (QED) is 0.836. The van der Waals surface area contributed by atoms with Gasteiger partial charge in [0.1, 0.15) is 5.69 Å². The van der Waals surface area contributed by atoms with E-state index in [0.29, 0.717) is 5.69 Å². The third-order valence-electron chi connectivity index (χ3n) is 4.42. The normalized spacial score (nSPS) is 28.0. The van der Waals surface area contributed by atoms with Crippen LogP contribution in [0.3, 0.4) is 0 Å². The maximum absolute atomic E-state index is 12.4. The van der Waals surface area contributed by atoms with Gasteiger partial charge in [-0.2, -0.15) is 0 Å². The van der Waals surface area contributed by atoms with Gasteiger partial charge in [0.15, 0.2) is 0 Å². The Labute approximate surface area is 133 Å². The highest BCUT2D eigenvalue weighted by molar-refractivity contribution is 7.83. The predicted molar refractivity (Wildman–Crippen MR) is 87.3 cm³/mol. The maximum atomic E-state index is 12.4. The van der Waals surface area contributed by atoms with Gasteiger partial charge in [0, 0.05) is 35.4 Å².